The summed E-state index contributed by atoms with van der Waals surface area (Å²) in [4.78, 5) is 13.3. The van der Waals surface area contributed by atoms with Crippen LogP contribution < -0.4 is 10.6 Å². The molecule has 6 aromatic carbocycles. The highest BCUT2D eigenvalue weighted by Gasteiger charge is 2.13. The quantitative estimate of drug-likeness (QED) is 0.171. The molecule has 0 radical (unpaired) electrons. The van der Waals surface area contributed by atoms with Crippen LogP contribution in [0.4, 0.5) is 22.7 Å². The number of aromatic nitrogens is 2. The second kappa shape index (κ2) is 11.3. The Kier molecular flexibility index (Phi) is 6.80. The molecule has 0 fully saturated rings. The van der Waals surface area contributed by atoms with Crippen LogP contribution in [0.3, 0.4) is 0 Å². The molecule has 0 aliphatic heterocycles. The molecule has 0 unspecified atom stereocenters. The minimum atomic E-state index is 0.000638. The lowest BCUT2D eigenvalue weighted by Gasteiger charge is -2.10. The molecule has 0 saturated carbocycles. The van der Waals surface area contributed by atoms with Gasteiger partial charge in [0.1, 0.15) is 0 Å². The van der Waals surface area contributed by atoms with Crippen molar-refractivity contribution in [3.8, 4) is 0 Å². The molecular weight excluding hydrogens is 564 g/mol. The van der Waals surface area contributed by atoms with E-state index in [0.29, 0.717) is 11.1 Å². The number of hydrogen-bond acceptors (Lipinski definition) is 3. The number of carbonyl (C=O) groups excluding carboxylic acids is 1. The zero-order chi connectivity index (χ0) is 31.2. The third-order valence-electron chi connectivity index (χ3n) is 9.05. The maximum Gasteiger partial charge on any atom is 0.193 e. The number of benzene rings is 6. The monoisotopic (exact) mass is 598 g/mol. The van der Waals surface area contributed by atoms with Gasteiger partial charge in [-0.05, 0) is 111 Å². The molecule has 5 heteroatoms. The van der Waals surface area contributed by atoms with Gasteiger partial charge in [-0.25, -0.2) is 0 Å². The van der Waals surface area contributed by atoms with E-state index in [1.54, 1.807) is 0 Å². The predicted molar refractivity (Wildman–Crippen MR) is 193 cm³/mol. The molecule has 224 valence electrons. The summed E-state index contributed by atoms with van der Waals surface area (Å²) >= 11 is 0. The molecule has 0 amide bonds. The zero-order valence-electron chi connectivity index (χ0n) is 25.9. The van der Waals surface area contributed by atoms with Crippen molar-refractivity contribution in [3.63, 3.8) is 0 Å². The van der Waals surface area contributed by atoms with E-state index in [-0.39, 0.29) is 5.78 Å². The van der Waals surface area contributed by atoms with Crippen LogP contribution in [0.1, 0.15) is 29.8 Å². The molecule has 0 spiro atoms. The Hall–Kier alpha value is -5.81. The molecule has 2 aromatic heterocycles. The summed E-state index contributed by atoms with van der Waals surface area (Å²) in [5.74, 6) is 0.000638. The molecular formula is C41H34N4O. The minimum Gasteiger partial charge on any atom is -0.356 e. The third kappa shape index (κ3) is 4.68. The second-order valence-electron chi connectivity index (χ2n) is 11.7. The molecule has 0 bridgehead atoms. The smallest absolute Gasteiger partial charge is 0.193 e. The van der Waals surface area contributed by atoms with Crippen LogP contribution in [0, 0.1) is 0 Å². The average molecular weight is 599 g/mol. The summed E-state index contributed by atoms with van der Waals surface area (Å²) < 4.78 is 4.70. The number of fused-ring (bicyclic) bond motifs is 6. The summed E-state index contributed by atoms with van der Waals surface area (Å²) in [5.41, 5.74) is 10.2. The number of hydrogen-bond donors (Lipinski definition) is 2. The highest BCUT2D eigenvalue weighted by Crippen LogP contribution is 2.33. The molecule has 8 aromatic rings. The Morgan fingerprint density at radius 3 is 1.24 bits per heavy atom. The van der Waals surface area contributed by atoms with E-state index >= 15 is 0 Å². The number of para-hydroxylation sites is 2. The molecule has 8 rings (SSSR count). The molecule has 0 aliphatic rings. The molecule has 0 aliphatic carbocycles. The van der Waals surface area contributed by atoms with Gasteiger partial charge < -0.3 is 19.8 Å². The topological polar surface area (TPSA) is 51.0 Å². The summed E-state index contributed by atoms with van der Waals surface area (Å²) in [7, 11) is 0. The Morgan fingerprint density at radius 1 is 0.457 bits per heavy atom. The molecule has 5 nitrogen and oxygen atoms in total. The summed E-state index contributed by atoms with van der Waals surface area (Å²) in [5, 5.41) is 12.0. The van der Waals surface area contributed by atoms with Crippen molar-refractivity contribution in [1.29, 1.82) is 0 Å². The van der Waals surface area contributed by atoms with Gasteiger partial charge in [0, 0.05) is 90.6 Å². The van der Waals surface area contributed by atoms with E-state index in [2.05, 4.69) is 119 Å². The molecule has 0 saturated heterocycles. The van der Waals surface area contributed by atoms with Gasteiger partial charge in [0.2, 0.25) is 0 Å². The number of anilines is 4. The highest BCUT2D eigenvalue weighted by molar-refractivity contribution is 6.11. The van der Waals surface area contributed by atoms with Crippen molar-refractivity contribution in [1.82, 2.24) is 9.13 Å². The van der Waals surface area contributed by atoms with Gasteiger partial charge in [-0.15, -0.1) is 0 Å². The minimum absolute atomic E-state index is 0.000638. The molecule has 46 heavy (non-hydrogen) atoms. The Labute approximate surface area is 267 Å². The average Bonchev–Trinajstić information content (AvgIpc) is 3.60. The Morgan fingerprint density at radius 2 is 0.826 bits per heavy atom. The van der Waals surface area contributed by atoms with E-state index in [4.69, 9.17) is 0 Å². The lowest BCUT2D eigenvalue weighted by molar-refractivity contribution is 0.103. The standard InChI is InChI=1S/C41H34N4O/c1-3-44-37-11-7-5-9-33(37)35-25-31(21-23-39(35)44)42-29-17-13-27(14-18-29)41(46)28-15-19-30(20-16-28)43-32-22-24-40-36(26-32)34-10-6-8-12-38(34)45(40)4-2/h5-26,42-43H,3-4H2,1-2H3. The van der Waals surface area contributed by atoms with E-state index < -0.39 is 0 Å². The van der Waals surface area contributed by atoms with Crippen molar-refractivity contribution in [2.24, 2.45) is 0 Å². The van der Waals surface area contributed by atoms with Crippen LogP contribution in [-0.2, 0) is 13.1 Å². The van der Waals surface area contributed by atoms with Gasteiger partial charge in [0.25, 0.3) is 0 Å². The van der Waals surface area contributed by atoms with E-state index in [1.807, 2.05) is 48.5 Å². The number of rotatable bonds is 8. The van der Waals surface area contributed by atoms with Gasteiger partial charge in [0.15, 0.2) is 5.78 Å². The van der Waals surface area contributed by atoms with Crippen LogP contribution in [0.25, 0.3) is 43.6 Å². The van der Waals surface area contributed by atoms with Gasteiger partial charge in [-0.3, -0.25) is 4.79 Å². The van der Waals surface area contributed by atoms with Crippen LogP contribution in [-0.4, -0.2) is 14.9 Å². The van der Waals surface area contributed by atoms with Gasteiger partial charge in [-0.1, -0.05) is 36.4 Å². The van der Waals surface area contributed by atoms with Crippen molar-refractivity contribution in [2.45, 2.75) is 26.9 Å². The zero-order valence-corrected chi connectivity index (χ0v) is 25.9. The number of carbonyl (C=O) groups is 1. The number of aryl methyl sites for hydroxylation is 2. The van der Waals surface area contributed by atoms with Crippen molar-refractivity contribution >= 4 is 72.1 Å². The first-order chi connectivity index (χ1) is 22.6. The van der Waals surface area contributed by atoms with E-state index in [1.165, 1.54) is 43.6 Å². The van der Waals surface area contributed by atoms with Gasteiger partial charge in [-0.2, -0.15) is 0 Å². The van der Waals surface area contributed by atoms with Crippen molar-refractivity contribution in [2.75, 3.05) is 10.6 Å². The summed E-state index contributed by atoms with van der Waals surface area (Å²) in [6.45, 7) is 6.21. The molecule has 0 atom stereocenters. The van der Waals surface area contributed by atoms with Crippen molar-refractivity contribution in [3.05, 3.63) is 145 Å². The second-order valence-corrected chi connectivity index (χ2v) is 11.7. The lowest BCUT2D eigenvalue weighted by Crippen LogP contribution is -2.02. The Balaban J connectivity index is 0.978. The van der Waals surface area contributed by atoms with E-state index in [0.717, 1.165) is 35.8 Å². The van der Waals surface area contributed by atoms with Crippen molar-refractivity contribution < 1.29 is 4.79 Å². The maximum absolute atomic E-state index is 13.3. The summed E-state index contributed by atoms with van der Waals surface area (Å²) in [6, 6.07) is 45.5. The number of nitrogens with one attached hydrogen (secondary N) is 2. The largest absolute Gasteiger partial charge is 0.356 e. The van der Waals surface area contributed by atoms with Gasteiger partial charge in [0.05, 0.1) is 0 Å². The lowest BCUT2D eigenvalue weighted by atomic mass is 10.0. The number of nitrogens with zero attached hydrogens (tertiary/aromatic N) is 2. The van der Waals surface area contributed by atoms with E-state index in [9.17, 15) is 4.79 Å². The van der Waals surface area contributed by atoms with Crippen LogP contribution in [0.2, 0.25) is 0 Å². The van der Waals surface area contributed by atoms with Crippen LogP contribution >= 0.6 is 0 Å². The summed E-state index contributed by atoms with van der Waals surface area (Å²) in [6.07, 6.45) is 0. The highest BCUT2D eigenvalue weighted by atomic mass is 16.1. The fourth-order valence-electron chi connectivity index (χ4n) is 6.85. The number of ketones is 1. The van der Waals surface area contributed by atoms with Crippen LogP contribution in [0.5, 0.6) is 0 Å². The maximum atomic E-state index is 13.3. The first-order valence-electron chi connectivity index (χ1n) is 15.9. The fraction of sp³-hybridized carbons (Fsp3) is 0.0976. The first kappa shape index (κ1) is 27.7. The van der Waals surface area contributed by atoms with Crippen LogP contribution in [0.15, 0.2) is 133 Å². The molecule has 2 heterocycles. The SMILES string of the molecule is CCn1c2ccccc2c2cc(Nc3ccc(C(=O)c4ccc(Nc5ccc6c(c5)c5ccccc5n6CC)cc4)cc3)ccc21. The normalized spacial score (nSPS) is 11.5. The predicted octanol–water partition coefficient (Wildman–Crippen LogP) is 10.7. The molecule has 2 N–H and O–H groups in total. The third-order valence-corrected chi connectivity index (χ3v) is 9.05. The Bertz CT molecular complexity index is 2230. The first-order valence-corrected chi connectivity index (χ1v) is 15.9. The fourth-order valence-corrected chi connectivity index (χ4v) is 6.85. The van der Waals surface area contributed by atoms with Gasteiger partial charge >= 0.3 is 0 Å².